The predicted octanol–water partition coefficient (Wildman–Crippen LogP) is 3.03. The summed E-state index contributed by atoms with van der Waals surface area (Å²) in [6.07, 6.45) is 0.849. The Morgan fingerprint density at radius 1 is 1.33 bits per heavy atom. The summed E-state index contributed by atoms with van der Waals surface area (Å²) in [5, 5.41) is 2.14. The highest BCUT2D eigenvalue weighted by molar-refractivity contribution is 7.10. The van der Waals surface area contributed by atoms with Gasteiger partial charge in [-0.05, 0) is 36.1 Å². The minimum Gasteiger partial charge on any atom is -0.494 e. The summed E-state index contributed by atoms with van der Waals surface area (Å²) in [4.78, 5) is 1.30. The van der Waals surface area contributed by atoms with Crippen molar-refractivity contribution in [2.75, 3.05) is 6.61 Å². The molecule has 18 heavy (non-hydrogen) atoms. The van der Waals surface area contributed by atoms with Gasteiger partial charge < -0.3 is 4.74 Å². The first kappa shape index (κ1) is 13.1. The number of hydrogen-bond donors (Lipinski definition) is 2. The Morgan fingerprint density at radius 3 is 2.72 bits per heavy atom. The Bertz CT molecular complexity index is 470. The van der Waals surface area contributed by atoms with Crippen molar-refractivity contribution in [3.05, 3.63) is 52.2 Å². The fourth-order valence-corrected chi connectivity index (χ4v) is 2.56. The van der Waals surface area contributed by atoms with Gasteiger partial charge in [-0.3, -0.25) is 11.3 Å². The minimum atomic E-state index is 0.152. The van der Waals surface area contributed by atoms with Crippen molar-refractivity contribution in [2.24, 2.45) is 5.84 Å². The summed E-state index contributed by atoms with van der Waals surface area (Å²) < 4.78 is 5.67. The zero-order valence-corrected chi connectivity index (χ0v) is 11.2. The van der Waals surface area contributed by atoms with E-state index in [0.717, 1.165) is 12.2 Å². The summed E-state index contributed by atoms with van der Waals surface area (Å²) in [6, 6.07) is 12.1. The van der Waals surface area contributed by atoms with E-state index in [4.69, 9.17) is 10.6 Å². The fraction of sp³-hybridized carbons (Fsp3) is 0.286. The van der Waals surface area contributed by atoms with Crippen molar-refractivity contribution in [3.63, 3.8) is 0 Å². The number of nitrogens with one attached hydrogen (secondary N) is 1. The van der Waals surface area contributed by atoms with Gasteiger partial charge in [-0.25, -0.2) is 0 Å². The maximum absolute atomic E-state index is 5.67. The van der Waals surface area contributed by atoms with E-state index in [1.165, 1.54) is 10.4 Å². The van der Waals surface area contributed by atoms with Gasteiger partial charge in [0.15, 0.2) is 0 Å². The molecular formula is C14H18N2OS. The summed E-state index contributed by atoms with van der Waals surface area (Å²) in [7, 11) is 0. The first-order chi connectivity index (χ1) is 8.79. The molecule has 1 atom stereocenters. The molecule has 96 valence electrons. The maximum atomic E-state index is 5.67. The van der Waals surface area contributed by atoms with Crippen molar-refractivity contribution < 1.29 is 4.74 Å². The van der Waals surface area contributed by atoms with Crippen LogP contribution < -0.4 is 16.0 Å². The van der Waals surface area contributed by atoms with Gasteiger partial charge in [-0.1, -0.05) is 18.2 Å². The van der Waals surface area contributed by atoms with Gasteiger partial charge in [0.1, 0.15) is 5.75 Å². The second-order valence-corrected chi connectivity index (χ2v) is 5.28. The Balaban J connectivity index is 1.85. The number of benzene rings is 1. The number of nitrogens with two attached hydrogens (primary N) is 1. The van der Waals surface area contributed by atoms with Gasteiger partial charge in [-0.2, -0.15) is 0 Å². The number of hydrogen-bond acceptors (Lipinski definition) is 4. The quantitative estimate of drug-likeness (QED) is 0.621. The molecule has 0 amide bonds. The van der Waals surface area contributed by atoms with Gasteiger partial charge in [0.05, 0.1) is 12.6 Å². The lowest BCUT2D eigenvalue weighted by Gasteiger charge is -2.15. The van der Waals surface area contributed by atoms with Crippen molar-refractivity contribution >= 4 is 11.3 Å². The molecule has 3 nitrogen and oxygen atoms in total. The van der Waals surface area contributed by atoms with Crippen LogP contribution in [-0.4, -0.2) is 6.61 Å². The van der Waals surface area contributed by atoms with E-state index in [-0.39, 0.29) is 6.04 Å². The van der Waals surface area contributed by atoms with Gasteiger partial charge >= 0.3 is 0 Å². The van der Waals surface area contributed by atoms with Gasteiger partial charge in [-0.15, -0.1) is 11.3 Å². The van der Waals surface area contributed by atoms with Crippen LogP contribution in [0.2, 0.25) is 0 Å². The van der Waals surface area contributed by atoms with Gasteiger partial charge in [0.2, 0.25) is 0 Å². The normalized spacial score (nSPS) is 12.3. The standard InChI is InChI=1S/C14H18N2OS/c1-11-9-12(10-18-11)14(16-15)7-8-17-13-5-3-2-4-6-13/h2-6,9-10,14,16H,7-8,15H2,1H3. The van der Waals surface area contributed by atoms with Crippen LogP contribution in [0.3, 0.4) is 0 Å². The molecule has 1 aromatic heterocycles. The monoisotopic (exact) mass is 262 g/mol. The van der Waals surface area contributed by atoms with Crippen LogP contribution in [0.4, 0.5) is 0 Å². The molecule has 0 spiro atoms. The Labute approximate surface area is 112 Å². The Morgan fingerprint density at radius 2 is 2.11 bits per heavy atom. The molecule has 2 rings (SSSR count). The number of rotatable bonds is 6. The lowest BCUT2D eigenvalue weighted by Crippen LogP contribution is -2.29. The Kier molecular flexibility index (Phi) is 4.75. The van der Waals surface area contributed by atoms with Crippen molar-refractivity contribution in [1.29, 1.82) is 0 Å². The molecule has 0 saturated carbocycles. The number of para-hydroxylation sites is 1. The average Bonchev–Trinajstić information content (AvgIpc) is 2.82. The predicted molar refractivity (Wildman–Crippen MR) is 75.7 cm³/mol. The summed E-state index contributed by atoms with van der Waals surface area (Å²) in [5.74, 6) is 6.49. The first-order valence-electron chi connectivity index (χ1n) is 5.98. The molecule has 0 saturated heterocycles. The molecule has 1 unspecified atom stereocenters. The topological polar surface area (TPSA) is 47.3 Å². The third kappa shape index (κ3) is 3.57. The number of thiophene rings is 1. The fourth-order valence-electron chi connectivity index (χ4n) is 1.80. The van der Waals surface area contributed by atoms with E-state index < -0.39 is 0 Å². The molecule has 0 aliphatic heterocycles. The molecule has 0 fully saturated rings. The van der Waals surface area contributed by atoms with E-state index in [1.807, 2.05) is 30.3 Å². The third-order valence-electron chi connectivity index (χ3n) is 2.77. The lowest BCUT2D eigenvalue weighted by molar-refractivity contribution is 0.287. The molecule has 1 heterocycles. The van der Waals surface area contributed by atoms with E-state index in [1.54, 1.807) is 11.3 Å². The van der Waals surface area contributed by atoms with Crippen molar-refractivity contribution in [3.8, 4) is 5.75 Å². The summed E-state index contributed by atoms with van der Waals surface area (Å²) >= 11 is 1.74. The zero-order valence-electron chi connectivity index (χ0n) is 10.4. The average molecular weight is 262 g/mol. The van der Waals surface area contributed by atoms with Crippen LogP contribution in [0.25, 0.3) is 0 Å². The van der Waals surface area contributed by atoms with E-state index in [0.29, 0.717) is 6.61 Å². The number of aryl methyl sites for hydroxylation is 1. The van der Waals surface area contributed by atoms with Crippen LogP contribution in [0.15, 0.2) is 41.8 Å². The van der Waals surface area contributed by atoms with E-state index in [2.05, 4.69) is 23.8 Å². The molecule has 0 radical (unpaired) electrons. The van der Waals surface area contributed by atoms with Crippen molar-refractivity contribution in [1.82, 2.24) is 5.43 Å². The number of hydrazine groups is 1. The summed E-state index contributed by atoms with van der Waals surface area (Å²) in [6.45, 7) is 2.75. The van der Waals surface area contributed by atoms with Gasteiger partial charge in [0.25, 0.3) is 0 Å². The molecule has 4 heteroatoms. The van der Waals surface area contributed by atoms with Crippen LogP contribution >= 0.6 is 11.3 Å². The molecule has 2 aromatic rings. The first-order valence-corrected chi connectivity index (χ1v) is 6.86. The van der Waals surface area contributed by atoms with Crippen LogP contribution in [0.1, 0.15) is 22.9 Å². The zero-order chi connectivity index (χ0) is 12.8. The van der Waals surface area contributed by atoms with Crippen molar-refractivity contribution in [2.45, 2.75) is 19.4 Å². The van der Waals surface area contributed by atoms with E-state index in [9.17, 15) is 0 Å². The molecule has 0 bridgehead atoms. The summed E-state index contributed by atoms with van der Waals surface area (Å²) in [5.41, 5.74) is 4.08. The lowest BCUT2D eigenvalue weighted by atomic mass is 10.1. The number of ether oxygens (including phenoxy) is 1. The highest BCUT2D eigenvalue weighted by Gasteiger charge is 2.11. The third-order valence-corrected chi connectivity index (χ3v) is 3.65. The Hall–Kier alpha value is -1.36. The van der Waals surface area contributed by atoms with Crippen LogP contribution in [0.5, 0.6) is 5.75 Å². The SMILES string of the molecule is Cc1cc(C(CCOc2ccccc2)NN)cs1. The van der Waals surface area contributed by atoms with Crippen LogP contribution in [-0.2, 0) is 0 Å². The highest BCUT2D eigenvalue weighted by atomic mass is 32.1. The molecule has 3 N–H and O–H groups in total. The molecular weight excluding hydrogens is 244 g/mol. The second-order valence-electron chi connectivity index (χ2n) is 4.16. The smallest absolute Gasteiger partial charge is 0.119 e. The highest BCUT2D eigenvalue weighted by Crippen LogP contribution is 2.22. The molecule has 1 aromatic carbocycles. The molecule has 0 aliphatic rings. The second kappa shape index (κ2) is 6.54. The van der Waals surface area contributed by atoms with Crippen LogP contribution in [0, 0.1) is 6.92 Å². The molecule has 0 aliphatic carbocycles. The van der Waals surface area contributed by atoms with E-state index >= 15 is 0 Å². The minimum absolute atomic E-state index is 0.152. The maximum Gasteiger partial charge on any atom is 0.119 e. The van der Waals surface area contributed by atoms with Gasteiger partial charge in [0, 0.05) is 11.3 Å². The largest absolute Gasteiger partial charge is 0.494 e.